The van der Waals surface area contributed by atoms with Crippen molar-refractivity contribution in [2.45, 2.75) is 87.8 Å². The van der Waals surface area contributed by atoms with Crippen LogP contribution < -0.4 is 0 Å². The van der Waals surface area contributed by atoms with Gasteiger partial charge in [0.25, 0.3) is 0 Å². The summed E-state index contributed by atoms with van der Waals surface area (Å²) >= 11 is 0. The monoisotopic (exact) mass is 398 g/mol. The predicted molar refractivity (Wildman–Crippen MR) is 87.2 cm³/mol. The molecule has 11 nitrogen and oxygen atoms in total. The third kappa shape index (κ3) is 5.14. The number of hydrogen-bond donors (Lipinski definition) is 7. The first-order chi connectivity index (χ1) is 12.7. The highest BCUT2D eigenvalue weighted by molar-refractivity contribution is 4.91. The second-order valence-corrected chi connectivity index (χ2v) is 6.90. The molecule has 2 saturated heterocycles. The van der Waals surface area contributed by atoms with Gasteiger partial charge in [0.15, 0.2) is 12.6 Å². The van der Waals surface area contributed by atoms with Gasteiger partial charge in [-0.3, -0.25) is 0 Å². The molecule has 0 radical (unpaired) electrons. The van der Waals surface area contributed by atoms with Gasteiger partial charge in [0, 0.05) is 0 Å². The third-order valence-electron chi connectivity index (χ3n) is 4.88. The molecule has 0 aromatic carbocycles. The second kappa shape index (κ2) is 9.85. The number of hydrogen-bond acceptors (Lipinski definition) is 11. The van der Waals surface area contributed by atoms with Crippen LogP contribution >= 0.6 is 0 Å². The molecule has 0 aliphatic carbocycles. The van der Waals surface area contributed by atoms with Gasteiger partial charge in [-0.05, 0) is 13.3 Å². The van der Waals surface area contributed by atoms with Gasteiger partial charge in [-0.2, -0.15) is 0 Å². The molecule has 0 aromatic heterocycles. The average Bonchev–Trinajstić information content (AvgIpc) is 2.66. The van der Waals surface area contributed by atoms with E-state index >= 15 is 0 Å². The van der Waals surface area contributed by atoms with E-state index in [-0.39, 0.29) is 12.7 Å². The molecule has 2 rings (SSSR count). The summed E-state index contributed by atoms with van der Waals surface area (Å²) < 4.78 is 21.5. The summed E-state index contributed by atoms with van der Waals surface area (Å²) in [5, 5.41) is 68.8. The Labute approximate surface area is 156 Å². The van der Waals surface area contributed by atoms with Gasteiger partial charge in [0.1, 0.15) is 48.8 Å². The van der Waals surface area contributed by atoms with Crippen LogP contribution in [0.2, 0.25) is 0 Å². The molecule has 27 heavy (non-hydrogen) atoms. The summed E-state index contributed by atoms with van der Waals surface area (Å²) in [5.41, 5.74) is 0. The van der Waals surface area contributed by atoms with Crippen molar-refractivity contribution < 1.29 is 54.7 Å². The zero-order valence-electron chi connectivity index (χ0n) is 15.2. The Morgan fingerprint density at radius 2 is 1.30 bits per heavy atom. The van der Waals surface area contributed by atoms with E-state index in [1.165, 1.54) is 0 Å². The molecule has 0 bridgehead atoms. The van der Waals surface area contributed by atoms with Gasteiger partial charge >= 0.3 is 0 Å². The lowest BCUT2D eigenvalue weighted by Gasteiger charge is -2.43. The first-order valence-corrected chi connectivity index (χ1v) is 8.98. The molecule has 0 amide bonds. The van der Waals surface area contributed by atoms with E-state index in [1.54, 1.807) is 6.92 Å². The van der Waals surface area contributed by atoms with Crippen molar-refractivity contribution in [2.24, 2.45) is 0 Å². The Kier molecular flexibility index (Phi) is 8.34. The smallest absolute Gasteiger partial charge is 0.186 e. The molecule has 11 atom stereocenters. The highest BCUT2D eigenvalue weighted by Gasteiger charge is 2.47. The minimum absolute atomic E-state index is 0.265. The third-order valence-corrected chi connectivity index (χ3v) is 4.88. The molecular formula is C16H30O11. The molecule has 11 heteroatoms. The minimum Gasteiger partial charge on any atom is -0.394 e. The van der Waals surface area contributed by atoms with Crippen molar-refractivity contribution in [3.05, 3.63) is 0 Å². The normalized spacial score (nSPS) is 47.0. The zero-order valence-corrected chi connectivity index (χ0v) is 15.2. The molecule has 2 fully saturated rings. The summed E-state index contributed by atoms with van der Waals surface area (Å²) in [5.74, 6) is 0. The van der Waals surface area contributed by atoms with E-state index in [0.29, 0.717) is 6.42 Å². The lowest BCUT2D eigenvalue weighted by molar-refractivity contribution is -0.335. The van der Waals surface area contributed by atoms with Crippen LogP contribution in [-0.4, -0.2) is 116 Å². The predicted octanol–water partition coefficient (Wildman–Crippen LogP) is -3.57. The fourth-order valence-electron chi connectivity index (χ4n) is 2.89. The SMILES string of the molecule is CCC(C)OC1OC(COC2OC(CO)C(O)C(O)C2O)C(O)C(O)C1O. The van der Waals surface area contributed by atoms with Crippen LogP contribution in [0.15, 0.2) is 0 Å². The van der Waals surface area contributed by atoms with Crippen LogP contribution in [0.5, 0.6) is 0 Å². The van der Waals surface area contributed by atoms with Gasteiger partial charge in [-0.25, -0.2) is 0 Å². The molecule has 7 N–H and O–H groups in total. The van der Waals surface area contributed by atoms with Crippen molar-refractivity contribution in [2.75, 3.05) is 13.2 Å². The van der Waals surface area contributed by atoms with Gasteiger partial charge < -0.3 is 54.7 Å². The molecule has 0 spiro atoms. The quantitative estimate of drug-likeness (QED) is 0.225. The van der Waals surface area contributed by atoms with Crippen molar-refractivity contribution in [1.82, 2.24) is 0 Å². The van der Waals surface area contributed by atoms with Crippen molar-refractivity contribution in [3.8, 4) is 0 Å². The van der Waals surface area contributed by atoms with Crippen molar-refractivity contribution >= 4 is 0 Å². The van der Waals surface area contributed by atoms with Crippen LogP contribution in [-0.2, 0) is 18.9 Å². The van der Waals surface area contributed by atoms with Crippen molar-refractivity contribution in [3.63, 3.8) is 0 Å². The summed E-state index contributed by atoms with van der Waals surface area (Å²) in [7, 11) is 0. The van der Waals surface area contributed by atoms with Crippen LogP contribution in [0.4, 0.5) is 0 Å². The van der Waals surface area contributed by atoms with Crippen LogP contribution in [0.25, 0.3) is 0 Å². The van der Waals surface area contributed by atoms with Gasteiger partial charge in [-0.15, -0.1) is 0 Å². The van der Waals surface area contributed by atoms with Crippen LogP contribution in [0, 0.1) is 0 Å². The Morgan fingerprint density at radius 3 is 1.85 bits per heavy atom. The summed E-state index contributed by atoms with van der Waals surface area (Å²) in [6, 6.07) is 0. The fourth-order valence-corrected chi connectivity index (χ4v) is 2.89. The molecule has 0 aromatic rings. The molecule has 2 aliphatic rings. The van der Waals surface area contributed by atoms with Gasteiger partial charge in [0.05, 0.1) is 19.3 Å². The minimum atomic E-state index is -1.61. The second-order valence-electron chi connectivity index (χ2n) is 6.90. The lowest BCUT2D eigenvalue weighted by atomic mass is 9.98. The van der Waals surface area contributed by atoms with Crippen LogP contribution in [0.3, 0.4) is 0 Å². The number of ether oxygens (including phenoxy) is 4. The summed E-state index contributed by atoms with van der Waals surface area (Å²) in [6.45, 7) is 2.63. The highest BCUT2D eigenvalue weighted by Crippen LogP contribution is 2.26. The standard InChI is InChI=1S/C16H30O11/c1-3-6(2)25-16-14(23)12(21)10(19)8(27-16)5-24-15-13(22)11(20)9(18)7(4-17)26-15/h6-23H,3-5H2,1-2H3. The molecule has 11 unspecified atom stereocenters. The number of rotatable bonds is 7. The number of aliphatic hydroxyl groups excluding tert-OH is 7. The Balaban J connectivity index is 1.98. The highest BCUT2D eigenvalue weighted by atomic mass is 16.7. The zero-order chi connectivity index (χ0) is 20.3. The maximum absolute atomic E-state index is 10.1. The maximum Gasteiger partial charge on any atom is 0.186 e. The van der Waals surface area contributed by atoms with Crippen LogP contribution in [0.1, 0.15) is 20.3 Å². The van der Waals surface area contributed by atoms with Gasteiger partial charge in [0.2, 0.25) is 0 Å². The fraction of sp³-hybridized carbons (Fsp3) is 1.00. The lowest BCUT2D eigenvalue weighted by Crippen LogP contribution is -2.62. The Morgan fingerprint density at radius 1 is 0.778 bits per heavy atom. The average molecular weight is 398 g/mol. The van der Waals surface area contributed by atoms with E-state index in [1.807, 2.05) is 6.92 Å². The first kappa shape index (κ1) is 22.8. The largest absolute Gasteiger partial charge is 0.394 e. The summed E-state index contributed by atoms with van der Waals surface area (Å²) in [4.78, 5) is 0. The molecular weight excluding hydrogens is 368 g/mol. The Bertz CT molecular complexity index is 450. The van der Waals surface area contributed by atoms with E-state index < -0.39 is 68.0 Å². The van der Waals surface area contributed by atoms with Gasteiger partial charge in [-0.1, -0.05) is 6.92 Å². The number of aliphatic hydroxyl groups is 7. The molecule has 2 heterocycles. The van der Waals surface area contributed by atoms with E-state index in [2.05, 4.69) is 0 Å². The Hall–Kier alpha value is -0.440. The summed E-state index contributed by atoms with van der Waals surface area (Å²) in [6.07, 6.45) is -13.7. The molecule has 2 aliphatic heterocycles. The van der Waals surface area contributed by atoms with E-state index in [0.717, 1.165) is 0 Å². The molecule has 0 saturated carbocycles. The maximum atomic E-state index is 10.1. The van der Waals surface area contributed by atoms with E-state index in [9.17, 15) is 35.7 Å². The van der Waals surface area contributed by atoms with E-state index in [4.69, 9.17) is 18.9 Å². The molecule has 160 valence electrons. The van der Waals surface area contributed by atoms with Crippen molar-refractivity contribution in [1.29, 1.82) is 0 Å². The first-order valence-electron chi connectivity index (χ1n) is 8.98. The topological polar surface area (TPSA) is 179 Å².